The molecule has 4 atom stereocenters. The number of hydrogen-bond acceptors (Lipinski definition) is 3. The van der Waals surface area contributed by atoms with Crippen LogP contribution in [0, 0.1) is 11.3 Å². The zero-order valence-corrected chi connectivity index (χ0v) is 17.2. The highest BCUT2D eigenvalue weighted by Gasteiger charge is 2.52. The Hall–Kier alpha value is -0.423. The molecule has 0 unspecified atom stereocenters. The first kappa shape index (κ1) is 18.4. The van der Waals surface area contributed by atoms with Crippen LogP contribution in [0.4, 0.5) is 0 Å². The highest BCUT2D eigenvalue weighted by molar-refractivity contribution is 6.74. The van der Waals surface area contributed by atoms with Crippen LogP contribution in [0.1, 0.15) is 47.0 Å². The van der Waals surface area contributed by atoms with E-state index in [-0.39, 0.29) is 22.7 Å². The van der Waals surface area contributed by atoms with E-state index in [9.17, 15) is 5.11 Å². The summed E-state index contributed by atoms with van der Waals surface area (Å²) in [4.78, 5) is 0. The summed E-state index contributed by atoms with van der Waals surface area (Å²) in [5.74, 6) is 0.367. The Morgan fingerprint density at radius 3 is 2.71 bits per heavy atom. The molecule has 1 N–H and O–H groups in total. The maximum Gasteiger partial charge on any atom is 0.192 e. The van der Waals surface area contributed by atoms with Crippen molar-refractivity contribution in [2.24, 2.45) is 11.3 Å². The molecule has 0 amide bonds. The van der Waals surface area contributed by atoms with Gasteiger partial charge in [-0.05, 0) is 44.3 Å². The second-order valence-corrected chi connectivity index (χ2v) is 14.4. The van der Waals surface area contributed by atoms with Gasteiger partial charge in [0.2, 0.25) is 0 Å². The van der Waals surface area contributed by atoms with E-state index in [1.54, 1.807) is 0 Å². The van der Waals surface area contributed by atoms with Gasteiger partial charge in [0.25, 0.3) is 0 Å². The van der Waals surface area contributed by atoms with Crippen molar-refractivity contribution in [1.29, 1.82) is 0 Å². The molecule has 4 heteroatoms. The maximum absolute atomic E-state index is 10.2. The fourth-order valence-electron chi connectivity index (χ4n) is 4.12. The molecule has 136 valence electrons. The third-order valence-electron chi connectivity index (χ3n) is 6.83. The molecule has 3 nitrogen and oxygen atoms in total. The van der Waals surface area contributed by atoms with Crippen molar-refractivity contribution in [3.63, 3.8) is 0 Å². The number of ether oxygens (including phenoxy) is 1. The molecule has 0 aromatic carbocycles. The largest absolute Gasteiger partial charge is 0.416 e. The van der Waals surface area contributed by atoms with Crippen molar-refractivity contribution in [3.05, 3.63) is 23.3 Å². The molecular formula is C20H34O3Si. The number of fused-ring (bicyclic) bond motifs is 3. The topological polar surface area (TPSA) is 38.7 Å². The van der Waals surface area contributed by atoms with Crippen molar-refractivity contribution in [3.8, 4) is 0 Å². The first-order chi connectivity index (χ1) is 11.1. The Morgan fingerprint density at radius 1 is 1.33 bits per heavy atom. The van der Waals surface area contributed by atoms with Crippen LogP contribution in [0.5, 0.6) is 0 Å². The maximum atomic E-state index is 10.2. The number of allylic oxidation sites excluding steroid dienone is 1. The van der Waals surface area contributed by atoms with Crippen LogP contribution in [-0.2, 0) is 9.16 Å². The van der Waals surface area contributed by atoms with Gasteiger partial charge in [0.1, 0.15) is 0 Å². The van der Waals surface area contributed by atoms with Crippen LogP contribution in [0.15, 0.2) is 23.3 Å². The molecule has 0 saturated carbocycles. The van der Waals surface area contributed by atoms with Crippen LogP contribution in [0.25, 0.3) is 0 Å². The summed E-state index contributed by atoms with van der Waals surface area (Å²) >= 11 is 0. The Morgan fingerprint density at radius 2 is 2.04 bits per heavy atom. The molecular weight excluding hydrogens is 316 g/mol. The van der Waals surface area contributed by atoms with E-state index in [4.69, 9.17) is 9.16 Å². The molecule has 3 aliphatic rings. The normalized spacial score (nSPS) is 36.7. The van der Waals surface area contributed by atoms with E-state index in [1.165, 1.54) is 11.1 Å². The van der Waals surface area contributed by atoms with Crippen LogP contribution < -0.4 is 0 Å². The third-order valence-corrected chi connectivity index (χ3v) is 11.3. The number of aliphatic hydroxyl groups excluding tert-OH is 1. The molecule has 0 spiro atoms. The van der Waals surface area contributed by atoms with Crippen molar-refractivity contribution in [1.82, 2.24) is 0 Å². The fraction of sp³-hybridized carbons (Fsp3) is 0.800. The molecule has 0 bridgehead atoms. The molecule has 1 saturated heterocycles. The van der Waals surface area contributed by atoms with Gasteiger partial charge in [-0.2, -0.15) is 0 Å². The lowest BCUT2D eigenvalue weighted by atomic mass is 9.64. The van der Waals surface area contributed by atoms with E-state index in [1.807, 2.05) is 0 Å². The fourth-order valence-corrected chi connectivity index (χ4v) is 5.17. The summed E-state index contributed by atoms with van der Waals surface area (Å²) < 4.78 is 13.0. The predicted octanol–water partition coefficient (Wildman–Crippen LogP) is 4.44. The van der Waals surface area contributed by atoms with Gasteiger partial charge in [-0.1, -0.05) is 44.1 Å². The van der Waals surface area contributed by atoms with E-state index in [0.717, 1.165) is 32.5 Å². The summed E-state index contributed by atoms with van der Waals surface area (Å²) in [6, 6.07) is 0. The summed E-state index contributed by atoms with van der Waals surface area (Å²) in [7, 11) is -1.81. The summed E-state index contributed by atoms with van der Waals surface area (Å²) in [6.45, 7) is 15.2. The Bertz CT molecular complexity index is 558. The van der Waals surface area contributed by atoms with Gasteiger partial charge in [0, 0.05) is 17.9 Å². The minimum Gasteiger partial charge on any atom is -0.416 e. The van der Waals surface area contributed by atoms with E-state index < -0.39 is 8.32 Å². The average Bonchev–Trinajstić information content (AvgIpc) is 2.85. The van der Waals surface area contributed by atoms with Gasteiger partial charge in [0.15, 0.2) is 8.32 Å². The zero-order chi connectivity index (χ0) is 17.8. The third kappa shape index (κ3) is 3.07. The molecule has 0 aromatic heterocycles. The highest BCUT2D eigenvalue weighted by atomic mass is 28.4. The zero-order valence-electron chi connectivity index (χ0n) is 16.2. The van der Waals surface area contributed by atoms with E-state index >= 15 is 0 Å². The van der Waals surface area contributed by atoms with Gasteiger partial charge < -0.3 is 14.3 Å². The second-order valence-electron chi connectivity index (χ2n) is 9.59. The summed E-state index contributed by atoms with van der Waals surface area (Å²) in [5.41, 5.74) is 2.75. The van der Waals surface area contributed by atoms with E-state index in [0.29, 0.717) is 5.92 Å². The monoisotopic (exact) mass is 350 g/mol. The molecule has 2 aliphatic carbocycles. The second kappa shape index (κ2) is 6.08. The lowest BCUT2D eigenvalue weighted by Crippen LogP contribution is -2.52. The van der Waals surface area contributed by atoms with Crippen LogP contribution in [-0.4, -0.2) is 38.8 Å². The Kier molecular flexibility index (Phi) is 4.65. The minimum atomic E-state index is -1.81. The minimum absolute atomic E-state index is 0.0740. The summed E-state index contributed by atoms with van der Waals surface area (Å²) in [5, 5.41) is 10.4. The van der Waals surface area contributed by atoms with Crippen LogP contribution in [0.3, 0.4) is 0 Å². The lowest BCUT2D eigenvalue weighted by molar-refractivity contribution is -0.0725. The molecule has 3 rings (SSSR count). The van der Waals surface area contributed by atoms with Crippen molar-refractivity contribution < 1.29 is 14.3 Å². The van der Waals surface area contributed by atoms with Crippen molar-refractivity contribution in [2.45, 2.75) is 77.3 Å². The Balaban J connectivity index is 1.91. The first-order valence-corrected chi connectivity index (χ1v) is 12.3. The molecule has 1 fully saturated rings. The highest BCUT2D eigenvalue weighted by Crippen LogP contribution is 2.53. The summed E-state index contributed by atoms with van der Waals surface area (Å²) in [6.07, 6.45) is 7.19. The SMILES string of the molecule is CC1=C[C@@H]2OC[C@H]3C[C@@H](O)C=C3[C@@]2(CO[Si](C)(C)C(C)(C)C)CC1. The smallest absolute Gasteiger partial charge is 0.192 e. The molecule has 1 heterocycles. The van der Waals surface area contributed by atoms with E-state index in [2.05, 4.69) is 52.9 Å². The first-order valence-electron chi connectivity index (χ1n) is 9.38. The van der Waals surface area contributed by atoms with Gasteiger partial charge in [-0.25, -0.2) is 0 Å². The number of rotatable bonds is 3. The lowest BCUT2D eigenvalue weighted by Gasteiger charge is -2.51. The quantitative estimate of drug-likeness (QED) is 0.604. The molecule has 0 aromatic rings. The number of hydrogen-bond donors (Lipinski definition) is 1. The van der Waals surface area contributed by atoms with Gasteiger partial charge in [-0.3, -0.25) is 0 Å². The standard InChI is InChI=1S/C20H34O3Si/c1-14-7-8-20(13-23-24(5,6)19(2,3)4)17-11-16(21)10-15(17)12-22-18(20)9-14/h9,11,15-16,18,21H,7-8,10,12-13H2,1-6H3/t15-,16-,18+,20+/m1/s1. The van der Waals surface area contributed by atoms with Gasteiger partial charge in [0.05, 0.1) is 18.8 Å². The van der Waals surface area contributed by atoms with Gasteiger partial charge >= 0.3 is 0 Å². The van der Waals surface area contributed by atoms with Crippen LogP contribution in [0.2, 0.25) is 18.1 Å². The number of aliphatic hydroxyl groups is 1. The Labute approximate surface area is 148 Å². The molecule has 1 aliphatic heterocycles. The predicted molar refractivity (Wildman–Crippen MR) is 101 cm³/mol. The van der Waals surface area contributed by atoms with Crippen molar-refractivity contribution >= 4 is 8.32 Å². The van der Waals surface area contributed by atoms with Crippen LogP contribution >= 0.6 is 0 Å². The molecule has 24 heavy (non-hydrogen) atoms. The van der Waals surface area contributed by atoms with Crippen molar-refractivity contribution in [2.75, 3.05) is 13.2 Å². The molecule has 0 radical (unpaired) electrons. The van der Waals surface area contributed by atoms with Gasteiger partial charge in [-0.15, -0.1) is 0 Å². The average molecular weight is 351 g/mol.